The molecule has 23 heavy (non-hydrogen) atoms. The molecule has 0 N–H and O–H groups in total. The molecule has 4 aromatic rings. The minimum absolute atomic E-state index is 0.0677. The summed E-state index contributed by atoms with van der Waals surface area (Å²) in [6, 6.07) is 11.5. The summed E-state index contributed by atoms with van der Waals surface area (Å²) in [6.45, 7) is 0.458. The molecule has 3 aromatic heterocycles. The summed E-state index contributed by atoms with van der Waals surface area (Å²) < 4.78 is 3.39. The van der Waals surface area contributed by atoms with Gasteiger partial charge in [-0.1, -0.05) is 12.1 Å². The van der Waals surface area contributed by atoms with Gasteiger partial charge >= 0.3 is 0 Å². The van der Waals surface area contributed by atoms with Crippen LogP contribution in [0.4, 0.5) is 0 Å². The second-order valence-electron chi connectivity index (χ2n) is 5.19. The topological polar surface area (TPSA) is 65.6 Å². The highest BCUT2D eigenvalue weighted by Gasteiger charge is 2.05. The van der Waals surface area contributed by atoms with Gasteiger partial charge in [-0.15, -0.1) is 0 Å². The van der Waals surface area contributed by atoms with E-state index in [2.05, 4.69) is 15.1 Å². The van der Waals surface area contributed by atoms with E-state index in [9.17, 15) is 4.79 Å². The zero-order valence-corrected chi connectivity index (χ0v) is 12.2. The van der Waals surface area contributed by atoms with Crippen molar-refractivity contribution in [1.82, 2.24) is 24.3 Å². The first-order valence-electron chi connectivity index (χ1n) is 7.19. The van der Waals surface area contributed by atoms with Crippen LogP contribution in [-0.4, -0.2) is 24.3 Å². The lowest BCUT2D eigenvalue weighted by molar-refractivity contribution is 0.746. The van der Waals surface area contributed by atoms with E-state index in [1.807, 2.05) is 36.5 Å². The number of pyridine rings is 1. The lowest BCUT2D eigenvalue weighted by atomic mass is 10.2. The van der Waals surface area contributed by atoms with Gasteiger partial charge in [0.15, 0.2) is 0 Å². The average molecular weight is 303 g/mol. The molecule has 0 spiro atoms. The van der Waals surface area contributed by atoms with Crippen molar-refractivity contribution >= 4 is 10.9 Å². The molecule has 0 aliphatic heterocycles. The SMILES string of the molecule is O=c1c2ccncc2ncn1Cc1cccc(-n2cccn2)c1. The molecule has 0 bridgehead atoms. The molecule has 0 saturated carbocycles. The zero-order valence-electron chi connectivity index (χ0n) is 12.2. The third-order valence-corrected chi connectivity index (χ3v) is 3.66. The molecule has 0 radical (unpaired) electrons. The number of benzene rings is 1. The summed E-state index contributed by atoms with van der Waals surface area (Å²) in [5.74, 6) is 0. The number of hydrogen-bond acceptors (Lipinski definition) is 4. The molecule has 0 amide bonds. The minimum Gasteiger partial charge on any atom is -0.294 e. The van der Waals surface area contributed by atoms with Crippen LogP contribution in [0.5, 0.6) is 0 Å². The Morgan fingerprint density at radius 3 is 2.91 bits per heavy atom. The van der Waals surface area contributed by atoms with Crippen LogP contribution in [0.1, 0.15) is 5.56 Å². The largest absolute Gasteiger partial charge is 0.294 e. The van der Waals surface area contributed by atoms with Crippen molar-refractivity contribution in [3.8, 4) is 5.69 Å². The number of nitrogens with zero attached hydrogens (tertiary/aromatic N) is 5. The van der Waals surface area contributed by atoms with Crippen molar-refractivity contribution in [3.63, 3.8) is 0 Å². The van der Waals surface area contributed by atoms with Gasteiger partial charge in [-0.05, 0) is 29.8 Å². The molecule has 0 aliphatic carbocycles. The molecule has 4 rings (SSSR count). The second kappa shape index (κ2) is 5.49. The smallest absolute Gasteiger partial charge is 0.261 e. The van der Waals surface area contributed by atoms with Crippen LogP contribution in [0, 0.1) is 0 Å². The summed E-state index contributed by atoms with van der Waals surface area (Å²) in [5, 5.41) is 4.80. The van der Waals surface area contributed by atoms with Gasteiger partial charge in [-0.2, -0.15) is 5.10 Å². The zero-order chi connectivity index (χ0) is 15.6. The highest BCUT2D eigenvalue weighted by atomic mass is 16.1. The van der Waals surface area contributed by atoms with Crippen molar-refractivity contribution in [1.29, 1.82) is 0 Å². The maximum absolute atomic E-state index is 12.5. The Kier molecular flexibility index (Phi) is 3.20. The Morgan fingerprint density at radius 2 is 2.04 bits per heavy atom. The van der Waals surface area contributed by atoms with Crippen LogP contribution < -0.4 is 5.56 Å². The third-order valence-electron chi connectivity index (χ3n) is 3.66. The van der Waals surface area contributed by atoms with Gasteiger partial charge in [0.2, 0.25) is 0 Å². The van der Waals surface area contributed by atoms with Crippen LogP contribution in [-0.2, 0) is 6.54 Å². The molecular weight excluding hydrogens is 290 g/mol. The van der Waals surface area contributed by atoms with Gasteiger partial charge < -0.3 is 0 Å². The van der Waals surface area contributed by atoms with Crippen LogP contribution in [0.15, 0.2) is 72.3 Å². The Balaban J connectivity index is 1.73. The fourth-order valence-corrected chi connectivity index (χ4v) is 2.54. The molecule has 3 heterocycles. The summed E-state index contributed by atoms with van der Waals surface area (Å²) in [4.78, 5) is 20.8. The normalized spacial score (nSPS) is 11.0. The maximum Gasteiger partial charge on any atom is 0.261 e. The van der Waals surface area contributed by atoms with E-state index in [0.29, 0.717) is 17.4 Å². The first-order valence-corrected chi connectivity index (χ1v) is 7.19. The standard InChI is InChI=1S/C17H13N5O/c23-17-15-5-7-18-10-16(15)19-12-21(17)11-13-3-1-4-14(9-13)22-8-2-6-20-22/h1-10,12H,11H2. The molecule has 0 unspecified atom stereocenters. The van der Waals surface area contributed by atoms with Gasteiger partial charge in [0, 0.05) is 18.6 Å². The Labute approximate surface area is 131 Å². The summed E-state index contributed by atoms with van der Waals surface area (Å²) >= 11 is 0. The van der Waals surface area contributed by atoms with Crippen molar-refractivity contribution in [3.05, 3.63) is 83.4 Å². The van der Waals surface area contributed by atoms with E-state index in [-0.39, 0.29) is 5.56 Å². The lowest BCUT2D eigenvalue weighted by Crippen LogP contribution is -2.21. The van der Waals surface area contributed by atoms with Gasteiger partial charge in [0.25, 0.3) is 5.56 Å². The van der Waals surface area contributed by atoms with E-state index in [0.717, 1.165) is 11.3 Å². The van der Waals surface area contributed by atoms with E-state index >= 15 is 0 Å². The maximum atomic E-state index is 12.5. The van der Waals surface area contributed by atoms with Crippen molar-refractivity contribution in [2.75, 3.05) is 0 Å². The van der Waals surface area contributed by atoms with E-state index in [1.165, 1.54) is 0 Å². The molecule has 0 atom stereocenters. The number of rotatable bonds is 3. The fourth-order valence-electron chi connectivity index (χ4n) is 2.54. The van der Waals surface area contributed by atoms with Crippen LogP contribution >= 0.6 is 0 Å². The van der Waals surface area contributed by atoms with Crippen LogP contribution in [0.25, 0.3) is 16.6 Å². The number of aromatic nitrogens is 5. The molecule has 6 nitrogen and oxygen atoms in total. The molecular formula is C17H13N5O. The average Bonchev–Trinajstić information content (AvgIpc) is 3.13. The van der Waals surface area contributed by atoms with Crippen LogP contribution in [0.3, 0.4) is 0 Å². The van der Waals surface area contributed by atoms with E-state index in [1.54, 1.807) is 40.2 Å². The Hall–Kier alpha value is -3.28. The van der Waals surface area contributed by atoms with Gasteiger partial charge in [0.1, 0.15) is 0 Å². The quantitative estimate of drug-likeness (QED) is 0.581. The van der Waals surface area contributed by atoms with Gasteiger partial charge in [-0.25, -0.2) is 9.67 Å². The molecule has 0 saturated heterocycles. The van der Waals surface area contributed by atoms with Crippen molar-refractivity contribution in [2.24, 2.45) is 0 Å². The first-order chi connectivity index (χ1) is 11.3. The van der Waals surface area contributed by atoms with Crippen molar-refractivity contribution < 1.29 is 0 Å². The highest BCUT2D eigenvalue weighted by Crippen LogP contribution is 2.11. The monoisotopic (exact) mass is 303 g/mol. The van der Waals surface area contributed by atoms with E-state index in [4.69, 9.17) is 0 Å². The molecule has 1 aromatic carbocycles. The summed E-state index contributed by atoms with van der Waals surface area (Å²) in [7, 11) is 0. The number of fused-ring (bicyclic) bond motifs is 1. The van der Waals surface area contributed by atoms with Gasteiger partial charge in [0.05, 0.1) is 35.7 Å². The summed E-state index contributed by atoms with van der Waals surface area (Å²) in [6.07, 6.45) is 8.38. The number of hydrogen-bond donors (Lipinski definition) is 0. The minimum atomic E-state index is -0.0677. The second-order valence-corrected chi connectivity index (χ2v) is 5.19. The Morgan fingerprint density at radius 1 is 1.09 bits per heavy atom. The van der Waals surface area contributed by atoms with Crippen molar-refractivity contribution in [2.45, 2.75) is 6.54 Å². The van der Waals surface area contributed by atoms with Gasteiger partial charge in [-0.3, -0.25) is 14.3 Å². The molecule has 0 aliphatic rings. The predicted molar refractivity (Wildman–Crippen MR) is 86.5 cm³/mol. The Bertz CT molecular complexity index is 1020. The highest BCUT2D eigenvalue weighted by molar-refractivity contribution is 5.75. The lowest BCUT2D eigenvalue weighted by Gasteiger charge is -2.08. The predicted octanol–water partition coefficient (Wildman–Crippen LogP) is 2.03. The molecule has 6 heteroatoms. The third kappa shape index (κ3) is 2.50. The first kappa shape index (κ1) is 13.4. The van der Waals surface area contributed by atoms with Crippen LogP contribution in [0.2, 0.25) is 0 Å². The molecule has 112 valence electrons. The fraction of sp³-hybridized carbons (Fsp3) is 0.0588. The summed E-state index contributed by atoms with van der Waals surface area (Å²) in [5.41, 5.74) is 2.51. The van der Waals surface area contributed by atoms with E-state index < -0.39 is 0 Å². The molecule has 0 fully saturated rings.